The van der Waals surface area contributed by atoms with E-state index in [0.717, 1.165) is 16.7 Å². The Morgan fingerprint density at radius 1 is 1.29 bits per heavy atom. The molecule has 0 fully saturated rings. The number of esters is 1. The number of aryl methyl sites for hydroxylation is 2. The van der Waals surface area contributed by atoms with Gasteiger partial charge in [0.2, 0.25) is 0 Å². The summed E-state index contributed by atoms with van der Waals surface area (Å²) in [6, 6.07) is 3.73. The molecule has 21 heavy (non-hydrogen) atoms. The average molecular weight is 314 g/mol. The van der Waals surface area contributed by atoms with Crippen LogP contribution in [0.3, 0.4) is 0 Å². The van der Waals surface area contributed by atoms with E-state index in [-0.39, 0.29) is 12.4 Å². The molecule has 0 aromatic heterocycles. The third kappa shape index (κ3) is 4.95. The van der Waals surface area contributed by atoms with Crippen LogP contribution in [0.15, 0.2) is 12.1 Å². The zero-order valence-electron chi connectivity index (χ0n) is 13.1. The first-order chi connectivity index (χ1) is 9.67. The summed E-state index contributed by atoms with van der Waals surface area (Å²) in [6.07, 6.45) is 0.190. The van der Waals surface area contributed by atoms with Crippen LogP contribution in [0.5, 0.6) is 5.75 Å². The molecule has 0 saturated heterocycles. The molecule has 1 aromatic rings. The van der Waals surface area contributed by atoms with Gasteiger partial charge in [0.05, 0.1) is 13.0 Å². The van der Waals surface area contributed by atoms with Crippen molar-refractivity contribution in [2.45, 2.75) is 46.5 Å². The van der Waals surface area contributed by atoms with E-state index >= 15 is 0 Å². The molecule has 0 bridgehead atoms. The zero-order chi connectivity index (χ0) is 16.2. The number of ether oxygens (including phenoxy) is 1. The summed E-state index contributed by atoms with van der Waals surface area (Å²) in [5.74, 6) is 0.113. The van der Waals surface area contributed by atoms with Crippen molar-refractivity contribution in [2.24, 2.45) is 0 Å². The van der Waals surface area contributed by atoms with Crippen LogP contribution in [0.4, 0.5) is 0 Å². The van der Waals surface area contributed by atoms with Gasteiger partial charge in [-0.3, -0.25) is 4.79 Å². The van der Waals surface area contributed by atoms with Crippen molar-refractivity contribution in [2.75, 3.05) is 6.61 Å². The van der Waals surface area contributed by atoms with Gasteiger partial charge in [0.25, 0.3) is 0 Å². The van der Waals surface area contributed by atoms with Gasteiger partial charge in [-0.15, -0.1) is 0 Å². The Hall–Kier alpha value is -1.16. The maximum atomic E-state index is 11.8. The molecule has 0 unspecified atom stereocenters. The van der Waals surface area contributed by atoms with E-state index in [0.29, 0.717) is 12.4 Å². The highest BCUT2D eigenvalue weighted by Gasteiger charge is 2.31. The van der Waals surface area contributed by atoms with Crippen LogP contribution in [0.2, 0.25) is 0 Å². The summed E-state index contributed by atoms with van der Waals surface area (Å²) >= 11 is 0. The maximum Gasteiger partial charge on any atom is 0.391 e. The van der Waals surface area contributed by atoms with Crippen molar-refractivity contribution < 1.29 is 23.8 Å². The third-order valence-electron chi connectivity index (χ3n) is 3.19. The van der Waals surface area contributed by atoms with Gasteiger partial charge in [-0.25, -0.2) is 0 Å². The molecular weight excluding hydrogens is 291 g/mol. The number of hydrogen-bond donors (Lipinski definition) is 2. The molecule has 0 saturated carbocycles. The lowest BCUT2D eigenvalue weighted by atomic mass is 9.78. The maximum absolute atomic E-state index is 11.8. The molecule has 0 spiro atoms. The van der Waals surface area contributed by atoms with Gasteiger partial charge in [0.15, 0.2) is 0 Å². The minimum absolute atomic E-state index is 0.190. The van der Waals surface area contributed by atoms with Crippen molar-refractivity contribution in [3.8, 4) is 5.75 Å². The van der Waals surface area contributed by atoms with E-state index in [9.17, 15) is 4.79 Å². The van der Waals surface area contributed by atoms with Crippen LogP contribution in [0.25, 0.3) is 0 Å². The Labute approximate surface area is 126 Å². The summed E-state index contributed by atoms with van der Waals surface area (Å²) in [4.78, 5) is 30.1. The molecule has 2 N–H and O–H groups in total. The topological polar surface area (TPSA) is 76.0 Å². The van der Waals surface area contributed by atoms with Gasteiger partial charge >= 0.3 is 14.6 Å². The molecule has 0 radical (unpaired) electrons. The molecular formula is C15H23O5P. The molecule has 118 valence electrons. The SMILES string of the molecule is CCOC(=O)CC(C)(C)c1c(C)cc(C)cc1OP(O)O. The molecule has 0 atom stereocenters. The first-order valence-corrected chi connectivity index (χ1v) is 7.97. The summed E-state index contributed by atoms with van der Waals surface area (Å²) < 4.78 is 10.2. The monoisotopic (exact) mass is 314 g/mol. The fourth-order valence-corrected chi connectivity index (χ4v) is 2.94. The fourth-order valence-electron chi connectivity index (χ4n) is 2.62. The van der Waals surface area contributed by atoms with Crippen LogP contribution in [0.1, 0.15) is 43.9 Å². The molecule has 0 heterocycles. The fraction of sp³-hybridized carbons (Fsp3) is 0.533. The summed E-state index contributed by atoms with van der Waals surface area (Å²) in [5.41, 5.74) is 2.15. The summed E-state index contributed by atoms with van der Waals surface area (Å²) in [5, 5.41) is 0. The van der Waals surface area contributed by atoms with Crippen molar-refractivity contribution in [1.82, 2.24) is 0 Å². The highest BCUT2D eigenvalue weighted by molar-refractivity contribution is 7.39. The second-order valence-electron chi connectivity index (χ2n) is 5.66. The predicted molar refractivity (Wildman–Crippen MR) is 82.2 cm³/mol. The average Bonchev–Trinajstić information content (AvgIpc) is 2.25. The zero-order valence-corrected chi connectivity index (χ0v) is 14.0. The molecule has 1 rings (SSSR count). The normalized spacial score (nSPS) is 11.6. The summed E-state index contributed by atoms with van der Waals surface area (Å²) in [7, 11) is -2.51. The molecule has 6 heteroatoms. The third-order valence-corrected chi connectivity index (χ3v) is 3.55. The minimum atomic E-state index is -2.51. The van der Waals surface area contributed by atoms with Gasteiger partial charge in [0, 0.05) is 11.0 Å². The predicted octanol–water partition coefficient (Wildman–Crippen LogP) is 3.12. The van der Waals surface area contributed by atoms with E-state index < -0.39 is 14.0 Å². The lowest BCUT2D eigenvalue weighted by Crippen LogP contribution is -2.25. The first-order valence-electron chi connectivity index (χ1n) is 6.80. The molecule has 5 nitrogen and oxygen atoms in total. The molecule has 0 aliphatic rings. The Balaban J connectivity index is 3.22. The standard InChI is InChI=1S/C15H23O5P/c1-6-19-13(16)9-15(4,5)14-11(3)7-10(2)8-12(14)20-21(17)18/h7-8,17-18H,6,9H2,1-5H3. The van der Waals surface area contributed by atoms with Crippen molar-refractivity contribution >= 4 is 14.6 Å². The molecule has 1 aromatic carbocycles. The van der Waals surface area contributed by atoms with E-state index in [4.69, 9.17) is 19.0 Å². The van der Waals surface area contributed by atoms with Crippen LogP contribution in [0, 0.1) is 13.8 Å². The lowest BCUT2D eigenvalue weighted by Gasteiger charge is -2.28. The number of benzene rings is 1. The minimum Gasteiger partial charge on any atom is -0.466 e. The largest absolute Gasteiger partial charge is 0.466 e. The Kier molecular flexibility index (Phi) is 6.14. The number of hydrogen-bond acceptors (Lipinski definition) is 5. The van der Waals surface area contributed by atoms with E-state index in [1.807, 2.05) is 33.8 Å². The smallest absolute Gasteiger partial charge is 0.391 e. The van der Waals surface area contributed by atoms with Crippen LogP contribution in [-0.4, -0.2) is 22.4 Å². The quantitative estimate of drug-likeness (QED) is 0.623. The second kappa shape index (κ2) is 7.21. The van der Waals surface area contributed by atoms with Crippen molar-refractivity contribution in [3.63, 3.8) is 0 Å². The van der Waals surface area contributed by atoms with Gasteiger partial charge < -0.3 is 19.0 Å². The first kappa shape index (κ1) is 17.9. The Morgan fingerprint density at radius 2 is 1.90 bits per heavy atom. The molecule has 0 aliphatic carbocycles. The molecule has 0 aliphatic heterocycles. The van der Waals surface area contributed by atoms with Crippen LogP contribution < -0.4 is 4.52 Å². The van der Waals surface area contributed by atoms with Crippen LogP contribution in [-0.2, 0) is 14.9 Å². The van der Waals surface area contributed by atoms with Gasteiger partial charge in [-0.05, 0) is 38.0 Å². The van der Waals surface area contributed by atoms with Crippen molar-refractivity contribution in [1.29, 1.82) is 0 Å². The van der Waals surface area contributed by atoms with Gasteiger partial charge in [0.1, 0.15) is 5.75 Å². The molecule has 0 amide bonds. The van der Waals surface area contributed by atoms with Gasteiger partial charge in [-0.1, -0.05) is 19.9 Å². The number of rotatable bonds is 6. The highest BCUT2D eigenvalue weighted by Crippen LogP contribution is 2.42. The highest BCUT2D eigenvalue weighted by atomic mass is 31.2. The van der Waals surface area contributed by atoms with E-state index in [2.05, 4.69) is 0 Å². The second-order valence-corrected chi connectivity index (χ2v) is 6.35. The Bertz CT molecular complexity index is 511. The number of carbonyl (C=O) groups is 1. The van der Waals surface area contributed by atoms with E-state index in [1.54, 1.807) is 13.0 Å². The lowest BCUT2D eigenvalue weighted by molar-refractivity contribution is -0.144. The van der Waals surface area contributed by atoms with E-state index in [1.165, 1.54) is 0 Å². The van der Waals surface area contributed by atoms with Crippen molar-refractivity contribution in [3.05, 3.63) is 28.8 Å². The summed E-state index contributed by atoms with van der Waals surface area (Å²) in [6.45, 7) is 9.74. The van der Waals surface area contributed by atoms with Gasteiger partial charge in [-0.2, -0.15) is 0 Å². The van der Waals surface area contributed by atoms with Crippen LogP contribution >= 0.6 is 8.60 Å². The Morgan fingerprint density at radius 3 is 2.43 bits per heavy atom. The number of carbonyl (C=O) groups excluding carboxylic acids is 1.